The van der Waals surface area contributed by atoms with Crippen molar-refractivity contribution in [1.82, 2.24) is 4.98 Å². The number of nitrogens with one attached hydrogen (secondary N) is 1. The van der Waals surface area contributed by atoms with Crippen molar-refractivity contribution in [3.8, 4) is 0 Å². The van der Waals surface area contributed by atoms with Crippen molar-refractivity contribution in [3.05, 3.63) is 59.9 Å². The lowest BCUT2D eigenvalue weighted by Gasteiger charge is -2.12. The topological polar surface area (TPSA) is 68.0 Å². The number of hydrogen-bond acceptors (Lipinski definition) is 3. The molecule has 92 valence electrons. The van der Waals surface area contributed by atoms with E-state index in [1.54, 1.807) is 30.6 Å². The Morgan fingerprint density at radius 3 is 2.56 bits per heavy atom. The van der Waals surface area contributed by atoms with E-state index in [0.717, 1.165) is 11.3 Å². The molecule has 4 nitrogen and oxygen atoms in total. The average Bonchev–Trinajstić information content (AvgIpc) is 2.40. The van der Waals surface area contributed by atoms with Crippen molar-refractivity contribution in [2.24, 2.45) is 5.73 Å². The maximum atomic E-state index is 12.2. The molecule has 0 aliphatic rings. The van der Waals surface area contributed by atoms with Crippen LogP contribution in [0.5, 0.6) is 0 Å². The minimum Gasteiger partial charge on any atom is -0.324 e. The van der Waals surface area contributed by atoms with Crippen LogP contribution in [-0.2, 0) is 0 Å². The first-order valence-corrected chi connectivity index (χ1v) is 5.74. The van der Waals surface area contributed by atoms with Crippen LogP contribution >= 0.6 is 0 Å². The summed E-state index contributed by atoms with van der Waals surface area (Å²) in [4.78, 5) is 16.1. The van der Waals surface area contributed by atoms with Crippen LogP contribution in [0.3, 0.4) is 0 Å². The van der Waals surface area contributed by atoms with Crippen LogP contribution in [0, 0.1) is 0 Å². The Balaban J connectivity index is 2.24. The van der Waals surface area contributed by atoms with Crippen LogP contribution in [0.25, 0.3) is 0 Å². The van der Waals surface area contributed by atoms with Gasteiger partial charge in [0.2, 0.25) is 0 Å². The van der Waals surface area contributed by atoms with Crippen molar-refractivity contribution in [2.75, 3.05) is 5.32 Å². The molecule has 1 aromatic carbocycles. The summed E-state index contributed by atoms with van der Waals surface area (Å²) in [7, 11) is 0. The van der Waals surface area contributed by atoms with Gasteiger partial charge in [-0.1, -0.05) is 18.2 Å². The van der Waals surface area contributed by atoms with Crippen LogP contribution < -0.4 is 11.1 Å². The van der Waals surface area contributed by atoms with E-state index in [1.807, 2.05) is 25.1 Å². The summed E-state index contributed by atoms with van der Waals surface area (Å²) in [6.07, 6.45) is 3.26. The summed E-state index contributed by atoms with van der Waals surface area (Å²) in [5, 5.41) is 2.82. The molecule has 0 bridgehead atoms. The predicted octanol–water partition coefficient (Wildman–Crippen LogP) is 2.35. The summed E-state index contributed by atoms with van der Waals surface area (Å²) >= 11 is 0. The summed E-state index contributed by atoms with van der Waals surface area (Å²) in [5.74, 6) is -0.158. The van der Waals surface area contributed by atoms with E-state index in [1.165, 1.54) is 0 Å². The van der Waals surface area contributed by atoms with Gasteiger partial charge >= 0.3 is 0 Å². The van der Waals surface area contributed by atoms with Crippen LogP contribution in [-0.4, -0.2) is 10.9 Å². The quantitative estimate of drug-likeness (QED) is 0.866. The molecule has 0 radical (unpaired) electrons. The van der Waals surface area contributed by atoms with Gasteiger partial charge in [-0.25, -0.2) is 0 Å². The van der Waals surface area contributed by atoms with Gasteiger partial charge in [-0.05, 0) is 30.7 Å². The highest BCUT2D eigenvalue weighted by atomic mass is 16.1. The fraction of sp³-hybridized carbons (Fsp3) is 0.143. The van der Waals surface area contributed by atoms with E-state index < -0.39 is 0 Å². The molecule has 0 aliphatic heterocycles. The SMILES string of the molecule is CC(N)c1ccccc1C(=O)Nc1ccncc1. The number of pyridine rings is 1. The zero-order chi connectivity index (χ0) is 13.0. The van der Waals surface area contributed by atoms with Gasteiger partial charge in [-0.15, -0.1) is 0 Å². The van der Waals surface area contributed by atoms with E-state index in [4.69, 9.17) is 5.73 Å². The van der Waals surface area contributed by atoms with Gasteiger partial charge in [0.15, 0.2) is 0 Å². The number of carbonyl (C=O) groups is 1. The van der Waals surface area contributed by atoms with Gasteiger partial charge in [0.1, 0.15) is 0 Å². The first-order chi connectivity index (χ1) is 8.68. The number of benzene rings is 1. The highest BCUT2D eigenvalue weighted by molar-refractivity contribution is 6.05. The molecule has 0 saturated carbocycles. The van der Waals surface area contributed by atoms with E-state index in [-0.39, 0.29) is 11.9 Å². The Labute approximate surface area is 106 Å². The maximum absolute atomic E-state index is 12.2. The minimum absolute atomic E-state index is 0.158. The van der Waals surface area contributed by atoms with Gasteiger partial charge in [0, 0.05) is 29.7 Å². The molecule has 3 N–H and O–H groups in total. The standard InChI is InChI=1S/C14H15N3O/c1-10(15)12-4-2-3-5-13(12)14(18)17-11-6-8-16-9-7-11/h2-10H,15H2,1H3,(H,16,17,18). The number of aromatic nitrogens is 1. The number of hydrogen-bond donors (Lipinski definition) is 2. The van der Waals surface area contributed by atoms with Gasteiger partial charge in [-0.2, -0.15) is 0 Å². The third-order valence-corrected chi connectivity index (χ3v) is 2.63. The number of anilines is 1. The molecule has 2 aromatic rings. The first-order valence-electron chi connectivity index (χ1n) is 5.74. The fourth-order valence-electron chi connectivity index (χ4n) is 1.73. The highest BCUT2D eigenvalue weighted by Gasteiger charge is 2.13. The average molecular weight is 241 g/mol. The molecule has 1 amide bonds. The van der Waals surface area contributed by atoms with Crippen molar-refractivity contribution in [3.63, 3.8) is 0 Å². The summed E-state index contributed by atoms with van der Waals surface area (Å²) in [6, 6.07) is 10.7. The Bertz CT molecular complexity index is 538. The molecule has 1 atom stereocenters. The molecule has 4 heteroatoms. The molecule has 2 rings (SSSR count). The second-order valence-electron chi connectivity index (χ2n) is 4.07. The Morgan fingerprint density at radius 1 is 1.22 bits per heavy atom. The smallest absolute Gasteiger partial charge is 0.256 e. The van der Waals surface area contributed by atoms with E-state index in [2.05, 4.69) is 10.3 Å². The third-order valence-electron chi connectivity index (χ3n) is 2.63. The number of nitrogens with two attached hydrogens (primary N) is 1. The molecule has 1 unspecified atom stereocenters. The van der Waals surface area contributed by atoms with Crippen LogP contribution in [0.4, 0.5) is 5.69 Å². The summed E-state index contributed by atoms with van der Waals surface area (Å²) < 4.78 is 0. The Morgan fingerprint density at radius 2 is 1.89 bits per heavy atom. The highest BCUT2D eigenvalue weighted by Crippen LogP contribution is 2.17. The zero-order valence-electron chi connectivity index (χ0n) is 10.1. The number of nitrogens with zero attached hydrogens (tertiary/aromatic N) is 1. The van der Waals surface area contributed by atoms with E-state index in [0.29, 0.717) is 5.56 Å². The third kappa shape index (κ3) is 2.73. The number of rotatable bonds is 3. The Hall–Kier alpha value is -2.20. The first kappa shape index (κ1) is 12.3. The normalized spacial score (nSPS) is 11.9. The van der Waals surface area contributed by atoms with Crippen LogP contribution in [0.2, 0.25) is 0 Å². The largest absolute Gasteiger partial charge is 0.324 e. The van der Waals surface area contributed by atoms with Crippen molar-refractivity contribution >= 4 is 11.6 Å². The second kappa shape index (κ2) is 5.42. The fourth-order valence-corrected chi connectivity index (χ4v) is 1.73. The molecule has 18 heavy (non-hydrogen) atoms. The zero-order valence-corrected chi connectivity index (χ0v) is 10.1. The lowest BCUT2D eigenvalue weighted by atomic mass is 10.0. The minimum atomic E-state index is -0.176. The number of amides is 1. The number of carbonyl (C=O) groups excluding carboxylic acids is 1. The lowest BCUT2D eigenvalue weighted by molar-refractivity contribution is 0.102. The van der Waals surface area contributed by atoms with Crippen molar-refractivity contribution < 1.29 is 4.79 Å². The summed E-state index contributed by atoms with van der Waals surface area (Å²) in [6.45, 7) is 1.86. The second-order valence-corrected chi connectivity index (χ2v) is 4.07. The van der Waals surface area contributed by atoms with Crippen molar-refractivity contribution in [2.45, 2.75) is 13.0 Å². The summed E-state index contributed by atoms with van der Waals surface area (Å²) in [5.41, 5.74) is 8.01. The van der Waals surface area contributed by atoms with Crippen LogP contribution in [0.1, 0.15) is 28.9 Å². The predicted molar refractivity (Wildman–Crippen MR) is 71.2 cm³/mol. The monoisotopic (exact) mass is 241 g/mol. The molecular formula is C14H15N3O. The molecule has 1 heterocycles. The van der Waals surface area contributed by atoms with Gasteiger partial charge in [0.25, 0.3) is 5.91 Å². The Kier molecular flexibility index (Phi) is 3.69. The van der Waals surface area contributed by atoms with Crippen LogP contribution in [0.15, 0.2) is 48.8 Å². The molecule has 1 aromatic heterocycles. The molecule has 0 saturated heterocycles. The van der Waals surface area contributed by atoms with E-state index in [9.17, 15) is 4.79 Å². The van der Waals surface area contributed by atoms with Gasteiger partial charge < -0.3 is 11.1 Å². The lowest BCUT2D eigenvalue weighted by Crippen LogP contribution is -2.17. The van der Waals surface area contributed by atoms with E-state index >= 15 is 0 Å². The van der Waals surface area contributed by atoms with Crippen molar-refractivity contribution in [1.29, 1.82) is 0 Å². The van der Waals surface area contributed by atoms with Gasteiger partial charge in [-0.3, -0.25) is 9.78 Å². The molecule has 0 aliphatic carbocycles. The molecular weight excluding hydrogens is 226 g/mol. The molecule has 0 spiro atoms. The molecule has 0 fully saturated rings. The van der Waals surface area contributed by atoms with Gasteiger partial charge in [0.05, 0.1) is 0 Å². The maximum Gasteiger partial charge on any atom is 0.256 e.